The van der Waals surface area contributed by atoms with E-state index in [1.54, 1.807) is 0 Å². The van der Waals surface area contributed by atoms with Crippen molar-refractivity contribution in [1.82, 2.24) is 0 Å². The van der Waals surface area contributed by atoms with E-state index in [0.29, 0.717) is 0 Å². The van der Waals surface area contributed by atoms with E-state index in [2.05, 4.69) is 9.47 Å². The van der Waals surface area contributed by atoms with Crippen LogP contribution in [-0.2, 0) is 14.3 Å². The maximum absolute atomic E-state index is 12.6. The molecule has 0 heterocycles. The number of ether oxygens (including phenoxy) is 2. The van der Waals surface area contributed by atoms with Crippen molar-refractivity contribution < 1.29 is 27.4 Å². The summed E-state index contributed by atoms with van der Waals surface area (Å²) in [5, 5.41) is 0. The predicted molar refractivity (Wildman–Crippen MR) is 47.3 cm³/mol. The normalized spacial score (nSPS) is 14.9. The largest absolute Gasteiger partial charge is 0.465 e. The lowest BCUT2D eigenvalue weighted by molar-refractivity contribution is -0.233. The molecule has 0 bridgehead atoms. The molecular weight excluding hydrogens is 213 g/mol. The van der Waals surface area contributed by atoms with Crippen molar-refractivity contribution in [2.45, 2.75) is 32.5 Å². The Morgan fingerprint density at radius 3 is 2.07 bits per heavy atom. The SMILES string of the molecule is CCOC(=O)C(C(F)(F)F)C(C)(C)OC. The molecule has 0 aliphatic rings. The van der Waals surface area contributed by atoms with E-state index in [1.165, 1.54) is 20.8 Å². The van der Waals surface area contributed by atoms with Gasteiger partial charge in [0.15, 0.2) is 5.92 Å². The first-order valence-electron chi connectivity index (χ1n) is 4.45. The molecule has 0 saturated carbocycles. The van der Waals surface area contributed by atoms with E-state index in [1.807, 2.05) is 0 Å². The molecule has 0 aromatic carbocycles. The van der Waals surface area contributed by atoms with E-state index >= 15 is 0 Å². The van der Waals surface area contributed by atoms with Gasteiger partial charge in [-0.25, -0.2) is 0 Å². The molecule has 1 atom stereocenters. The Hall–Kier alpha value is -0.780. The number of carbonyl (C=O) groups is 1. The van der Waals surface area contributed by atoms with Gasteiger partial charge in [0, 0.05) is 7.11 Å². The van der Waals surface area contributed by atoms with Crippen LogP contribution in [0.25, 0.3) is 0 Å². The molecule has 0 spiro atoms. The van der Waals surface area contributed by atoms with Gasteiger partial charge in [-0.3, -0.25) is 4.79 Å². The maximum Gasteiger partial charge on any atom is 0.405 e. The minimum atomic E-state index is -4.67. The number of esters is 1. The molecule has 0 radical (unpaired) electrons. The van der Waals surface area contributed by atoms with Gasteiger partial charge in [-0.1, -0.05) is 0 Å². The average Bonchev–Trinajstić information content (AvgIpc) is 2.01. The molecule has 0 aliphatic heterocycles. The summed E-state index contributed by atoms with van der Waals surface area (Å²) in [6.45, 7) is 3.75. The standard InChI is InChI=1S/C9H15F3O3/c1-5-15-7(13)6(9(10,11)12)8(2,3)14-4/h6H,5H2,1-4H3. The zero-order valence-electron chi connectivity index (χ0n) is 9.14. The van der Waals surface area contributed by atoms with Crippen molar-refractivity contribution in [3.8, 4) is 0 Å². The van der Waals surface area contributed by atoms with Crippen LogP contribution in [0.3, 0.4) is 0 Å². The average molecular weight is 228 g/mol. The number of rotatable bonds is 4. The monoisotopic (exact) mass is 228 g/mol. The fourth-order valence-electron chi connectivity index (χ4n) is 1.16. The highest BCUT2D eigenvalue weighted by Crippen LogP contribution is 2.37. The number of carbonyl (C=O) groups excluding carboxylic acids is 1. The van der Waals surface area contributed by atoms with Crippen molar-refractivity contribution >= 4 is 5.97 Å². The Morgan fingerprint density at radius 2 is 1.80 bits per heavy atom. The lowest BCUT2D eigenvalue weighted by Crippen LogP contribution is -2.48. The van der Waals surface area contributed by atoms with Gasteiger partial charge >= 0.3 is 12.1 Å². The van der Waals surface area contributed by atoms with Gasteiger partial charge in [0.25, 0.3) is 0 Å². The summed E-state index contributed by atoms with van der Waals surface area (Å²) in [5.41, 5.74) is -1.63. The van der Waals surface area contributed by atoms with Crippen molar-refractivity contribution in [2.75, 3.05) is 13.7 Å². The van der Waals surface area contributed by atoms with Crippen molar-refractivity contribution in [3.63, 3.8) is 0 Å². The summed E-state index contributed by atoms with van der Waals surface area (Å²) in [4.78, 5) is 11.2. The molecule has 3 nitrogen and oxygen atoms in total. The van der Waals surface area contributed by atoms with Gasteiger partial charge in [-0.15, -0.1) is 0 Å². The van der Waals surface area contributed by atoms with Crippen LogP contribution in [0.2, 0.25) is 0 Å². The molecule has 0 aliphatic carbocycles. The molecule has 0 rings (SSSR count). The highest BCUT2D eigenvalue weighted by Gasteiger charge is 2.55. The smallest absolute Gasteiger partial charge is 0.405 e. The lowest BCUT2D eigenvalue weighted by Gasteiger charge is -2.32. The summed E-state index contributed by atoms with van der Waals surface area (Å²) in [6.07, 6.45) is -4.67. The fourth-order valence-corrected chi connectivity index (χ4v) is 1.16. The minimum absolute atomic E-state index is 0.0921. The molecule has 0 amide bonds. The molecule has 0 aromatic rings. The maximum atomic E-state index is 12.6. The van der Waals surface area contributed by atoms with Crippen molar-refractivity contribution in [1.29, 1.82) is 0 Å². The second kappa shape index (κ2) is 4.83. The summed E-state index contributed by atoms with van der Waals surface area (Å²) in [6, 6.07) is 0. The van der Waals surface area contributed by atoms with Crippen LogP contribution < -0.4 is 0 Å². The van der Waals surface area contributed by atoms with Crippen LogP contribution in [0.5, 0.6) is 0 Å². The molecule has 0 fully saturated rings. The predicted octanol–water partition coefficient (Wildman–Crippen LogP) is 2.15. The third-order valence-corrected chi connectivity index (χ3v) is 2.07. The first kappa shape index (κ1) is 14.2. The van der Waals surface area contributed by atoms with Gasteiger partial charge in [-0.2, -0.15) is 13.2 Å². The topological polar surface area (TPSA) is 35.5 Å². The van der Waals surface area contributed by atoms with E-state index in [4.69, 9.17) is 0 Å². The summed E-state index contributed by atoms with van der Waals surface area (Å²) < 4.78 is 46.8. The highest BCUT2D eigenvalue weighted by atomic mass is 19.4. The molecule has 15 heavy (non-hydrogen) atoms. The van der Waals surface area contributed by atoms with Gasteiger partial charge in [0.05, 0.1) is 12.2 Å². The first-order chi connectivity index (χ1) is 6.66. The number of methoxy groups -OCH3 is 1. The van der Waals surface area contributed by atoms with Gasteiger partial charge in [0.1, 0.15) is 0 Å². The Morgan fingerprint density at radius 1 is 1.33 bits per heavy atom. The van der Waals surface area contributed by atoms with Crippen LogP contribution >= 0.6 is 0 Å². The van der Waals surface area contributed by atoms with Gasteiger partial charge in [-0.05, 0) is 20.8 Å². The van der Waals surface area contributed by atoms with E-state index in [0.717, 1.165) is 7.11 Å². The second-order valence-electron chi connectivity index (χ2n) is 3.53. The number of alkyl halides is 3. The quantitative estimate of drug-likeness (QED) is 0.691. The second-order valence-corrected chi connectivity index (χ2v) is 3.53. The number of hydrogen-bond acceptors (Lipinski definition) is 3. The molecule has 0 aromatic heterocycles. The third-order valence-electron chi connectivity index (χ3n) is 2.07. The Bertz CT molecular complexity index is 223. The van der Waals surface area contributed by atoms with Crippen LogP contribution in [-0.4, -0.2) is 31.5 Å². The Kier molecular flexibility index (Phi) is 4.58. The molecule has 1 unspecified atom stereocenters. The van der Waals surface area contributed by atoms with Gasteiger partial charge in [0.2, 0.25) is 0 Å². The molecule has 6 heteroatoms. The highest BCUT2D eigenvalue weighted by molar-refractivity contribution is 5.74. The summed E-state index contributed by atoms with van der Waals surface area (Å²) in [7, 11) is 1.12. The van der Waals surface area contributed by atoms with Crippen LogP contribution in [0.15, 0.2) is 0 Å². The van der Waals surface area contributed by atoms with Crippen LogP contribution in [0.4, 0.5) is 13.2 Å². The third kappa shape index (κ3) is 3.70. The number of hydrogen-bond donors (Lipinski definition) is 0. The van der Waals surface area contributed by atoms with Crippen molar-refractivity contribution in [3.05, 3.63) is 0 Å². The van der Waals surface area contributed by atoms with Gasteiger partial charge < -0.3 is 9.47 Å². The van der Waals surface area contributed by atoms with Crippen LogP contribution in [0, 0.1) is 5.92 Å². The van der Waals surface area contributed by atoms with E-state index in [-0.39, 0.29) is 6.61 Å². The molecular formula is C9H15F3O3. The Balaban J connectivity index is 4.99. The lowest BCUT2D eigenvalue weighted by atomic mass is 9.90. The van der Waals surface area contributed by atoms with E-state index in [9.17, 15) is 18.0 Å². The van der Waals surface area contributed by atoms with Crippen LogP contribution in [0.1, 0.15) is 20.8 Å². The van der Waals surface area contributed by atoms with E-state index < -0.39 is 23.7 Å². The molecule has 0 N–H and O–H groups in total. The zero-order chi connectivity index (χ0) is 12.3. The zero-order valence-corrected chi connectivity index (χ0v) is 9.14. The fraction of sp³-hybridized carbons (Fsp3) is 0.889. The van der Waals surface area contributed by atoms with Crippen molar-refractivity contribution in [2.24, 2.45) is 5.92 Å². The first-order valence-corrected chi connectivity index (χ1v) is 4.45. The number of halogens is 3. The summed E-state index contributed by atoms with van der Waals surface area (Å²) >= 11 is 0. The molecule has 90 valence electrons. The summed E-state index contributed by atoms with van der Waals surface area (Å²) in [5.74, 6) is -3.58. The molecule has 0 saturated heterocycles. The minimum Gasteiger partial charge on any atom is -0.465 e. The Labute approximate surface area is 86.5 Å².